The molecule has 1 unspecified atom stereocenters. The summed E-state index contributed by atoms with van der Waals surface area (Å²) in [6.07, 6.45) is 1.59. The van der Waals surface area contributed by atoms with Gasteiger partial charge in [-0.25, -0.2) is 8.42 Å². The summed E-state index contributed by atoms with van der Waals surface area (Å²) in [6.45, 7) is 5.08. The highest BCUT2D eigenvalue weighted by atomic mass is 35.5. The molecule has 0 bridgehead atoms. The molecule has 7 heteroatoms. The molecule has 2 fully saturated rings. The van der Waals surface area contributed by atoms with Crippen LogP contribution in [0.2, 0.25) is 0 Å². The lowest BCUT2D eigenvalue weighted by atomic mass is 10.2. The zero-order chi connectivity index (χ0) is 11.6. The smallest absolute Gasteiger partial charge is 0.219 e. The van der Waals surface area contributed by atoms with E-state index in [0.29, 0.717) is 19.8 Å². The van der Waals surface area contributed by atoms with Crippen molar-refractivity contribution in [3.05, 3.63) is 0 Å². The van der Waals surface area contributed by atoms with Crippen molar-refractivity contribution in [2.45, 2.75) is 31.1 Å². The molecule has 2 heterocycles. The van der Waals surface area contributed by atoms with Gasteiger partial charge in [0.25, 0.3) is 0 Å². The molecule has 2 aliphatic heterocycles. The first-order valence-corrected chi connectivity index (χ1v) is 7.42. The van der Waals surface area contributed by atoms with Crippen LogP contribution < -0.4 is 5.32 Å². The molecule has 0 aromatic rings. The van der Waals surface area contributed by atoms with Gasteiger partial charge in [0.2, 0.25) is 10.0 Å². The third-order valence-electron chi connectivity index (χ3n) is 3.31. The van der Waals surface area contributed by atoms with Crippen LogP contribution in [0.4, 0.5) is 0 Å². The molecule has 0 aromatic heterocycles. The first-order chi connectivity index (χ1) is 7.62. The highest BCUT2D eigenvalue weighted by Crippen LogP contribution is 2.21. The molecule has 0 radical (unpaired) electrons. The van der Waals surface area contributed by atoms with Crippen LogP contribution in [-0.2, 0) is 14.8 Å². The minimum absolute atomic E-state index is 0. The summed E-state index contributed by atoms with van der Waals surface area (Å²) in [5, 5.41) is 2.87. The summed E-state index contributed by atoms with van der Waals surface area (Å²) in [7, 11) is -3.17. The van der Waals surface area contributed by atoms with E-state index in [0.717, 1.165) is 25.9 Å². The third kappa shape index (κ3) is 3.32. The predicted molar refractivity (Wildman–Crippen MR) is 69.0 cm³/mol. The maximum Gasteiger partial charge on any atom is 0.219 e. The number of hydrogen-bond acceptors (Lipinski definition) is 4. The number of rotatable bonds is 2. The van der Waals surface area contributed by atoms with Gasteiger partial charge < -0.3 is 10.1 Å². The van der Waals surface area contributed by atoms with E-state index >= 15 is 0 Å². The van der Waals surface area contributed by atoms with E-state index in [2.05, 4.69) is 5.32 Å². The molecule has 2 atom stereocenters. The number of halogens is 1. The molecule has 0 saturated carbocycles. The van der Waals surface area contributed by atoms with Gasteiger partial charge in [-0.05, 0) is 19.8 Å². The normalized spacial score (nSPS) is 31.8. The Labute approximate surface area is 109 Å². The van der Waals surface area contributed by atoms with E-state index in [1.807, 2.05) is 6.92 Å². The maximum absolute atomic E-state index is 12.4. The monoisotopic (exact) mass is 284 g/mol. The van der Waals surface area contributed by atoms with Crippen LogP contribution >= 0.6 is 12.4 Å². The topological polar surface area (TPSA) is 58.6 Å². The summed E-state index contributed by atoms with van der Waals surface area (Å²) >= 11 is 0. The lowest BCUT2D eigenvalue weighted by molar-refractivity contribution is 0.0965. The first-order valence-electron chi connectivity index (χ1n) is 5.91. The standard InChI is InChI=1S/C10H20N2O3S.ClH/c1-9-7-11-4-5-12(9)16(13,14)10-3-2-6-15-8-10;/h9-11H,2-8H2,1H3;1H/t9-,10?;/m0./s1. The van der Waals surface area contributed by atoms with Crippen molar-refractivity contribution >= 4 is 22.4 Å². The van der Waals surface area contributed by atoms with Crippen LogP contribution in [0.1, 0.15) is 19.8 Å². The Kier molecular flexibility index (Phi) is 5.66. The average Bonchev–Trinajstić information content (AvgIpc) is 2.30. The Balaban J connectivity index is 0.00000144. The molecule has 1 N–H and O–H groups in total. The predicted octanol–water partition coefficient (Wildman–Crippen LogP) is 0.211. The number of piperazine rings is 1. The van der Waals surface area contributed by atoms with Crippen molar-refractivity contribution in [2.75, 3.05) is 32.8 Å². The minimum Gasteiger partial charge on any atom is -0.380 e. The van der Waals surface area contributed by atoms with E-state index in [1.165, 1.54) is 0 Å². The summed E-state index contributed by atoms with van der Waals surface area (Å²) in [5.74, 6) is 0. The van der Waals surface area contributed by atoms with E-state index in [4.69, 9.17) is 4.74 Å². The SMILES string of the molecule is C[C@H]1CNCCN1S(=O)(=O)C1CCCOC1.Cl. The van der Waals surface area contributed by atoms with Crippen LogP contribution in [0.3, 0.4) is 0 Å². The van der Waals surface area contributed by atoms with E-state index < -0.39 is 10.0 Å². The van der Waals surface area contributed by atoms with Crippen molar-refractivity contribution in [1.29, 1.82) is 0 Å². The number of nitrogens with one attached hydrogen (secondary N) is 1. The Morgan fingerprint density at radius 3 is 2.76 bits per heavy atom. The summed E-state index contributed by atoms with van der Waals surface area (Å²) < 4.78 is 31.7. The van der Waals surface area contributed by atoms with Crippen LogP contribution in [0.25, 0.3) is 0 Å². The molecule has 5 nitrogen and oxygen atoms in total. The van der Waals surface area contributed by atoms with Gasteiger partial charge >= 0.3 is 0 Å². The summed E-state index contributed by atoms with van der Waals surface area (Å²) in [5.41, 5.74) is 0. The number of ether oxygens (including phenoxy) is 1. The van der Waals surface area contributed by atoms with Crippen LogP contribution in [0.15, 0.2) is 0 Å². The molecular formula is C10H21ClN2O3S. The molecular weight excluding hydrogens is 264 g/mol. The fraction of sp³-hybridized carbons (Fsp3) is 1.00. The maximum atomic E-state index is 12.4. The van der Waals surface area contributed by atoms with Crippen LogP contribution in [0.5, 0.6) is 0 Å². The molecule has 0 spiro atoms. The second-order valence-corrected chi connectivity index (χ2v) is 6.71. The summed E-state index contributed by atoms with van der Waals surface area (Å²) in [4.78, 5) is 0. The van der Waals surface area contributed by atoms with E-state index in [9.17, 15) is 8.42 Å². The van der Waals surface area contributed by atoms with Gasteiger partial charge in [-0.2, -0.15) is 4.31 Å². The van der Waals surface area contributed by atoms with Gasteiger partial charge in [-0.15, -0.1) is 12.4 Å². The molecule has 17 heavy (non-hydrogen) atoms. The Hall–Kier alpha value is 0.120. The van der Waals surface area contributed by atoms with Crippen molar-refractivity contribution in [3.63, 3.8) is 0 Å². The number of sulfonamides is 1. The van der Waals surface area contributed by atoms with Crippen molar-refractivity contribution < 1.29 is 13.2 Å². The lowest BCUT2D eigenvalue weighted by Gasteiger charge is -2.36. The molecule has 0 amide bonds. The third-order valence-corrected chi connectivity index (χ3v) is 5.72. The zero-order valence-electron chi connectivity index (χ0n) is 10.1. The van der Waals surface area contributed by atoms with Crippen molar-refractivity contribution in [2.24, 2.45) is 0 Å². The Bertz CT molecular complexity index is 330. The largest absolute Gasteiger partial charge is 0.380 e. The highest BCUT2D eigenvalue weighted by Gasteiger charge is 2.36. The lowest BCUT2D eigenvalue weighted by Crippen LogP contribution is -2.55. The van der Waals surface area contributed by atoms with Crippen LogP contribution in [0, 0.1) is 0 Å². The molecule has 2 rings (SSSR count). The van der Waals surface area contributed by atoms with Crippen LogP contribution in [-0.4, -0.2) is 56.9 Å². The van der Waals surface area contributed by atoms with Gasteiger partial charge in [-0.1, -0.05) is 0 Å². The van der Waals surface area contributed by atoms with E-state index in [1.54, 1.807) is 4.31 Å². The average molecular weight is 285 g/mol. The number of nitrogens with zero attached hydrogens (tertiary/aromatic N) is 1. The van der Waals surface area contributed by atoms with E-state index in [-0.39, 0.29) is 23.7 Å². The summed E-state index contributed by atoms with van der Waals surface area (Å²) in [6, 6.07) is 0.0562. The Morgan fingerprint density at radius 1 is 1.41 bits per heavy atom. The van der Waals surface area contributed by atoms with Gasteiger partial charge in [0, 0.05) is 32.3 Å². The molecule has 2 saturated heterocycles. The quantitative estimate of drug-likeness (QED) is 0.788. The van der Waals surface area contributed by atoms with Gasteiger partial charge in [0.15, 0.2) is 0 Å². The second-order valence-electron chi connectivity index (χ2n) is 4.55. The zero-order valence-corrected chi connectivity index (χ0v) is 11.7. The molecule has 102 valence electrons. The van der Waals surface area contributed by atoms with Gasteiger partial charge in [-0.3, -0.25) is 0 Å². The van der Waals surface area contributed by atoms with Gasteiger partial charge in [0.1, 0.15) is 0 Å². The Morgan fingerprint density at radius 2 is 2.18 bits per heavy atom. The van der Waals surface area contributed by atoms with Crippen molar-refractivity contribution in [3.8, 4) is 0 Å². The number of hydrogen-bond donors (Lipinski definition) is 1. The highest BCUT2D eigenvalue weighted by molar-refractivity contribution is 7.89. The fourth-order valence-corrected chi connectivity index (χ4v) is 4.38. The fourth-order valence-electron chi connectivity index (χ4n) is 2.34. The van der Waals surface area contributed by atoms with Crippen molar-refractivity contribution in [1.82, 2.24) is 9.62 Å². The molecule has 0 aliphatic carbocycles. The minimum atomic E-state index is -3.17. The molecule has 0 aromatic carbocycles. The second kappa shape index (κ2) is 6.33. The molecule has 2 aliphatic rings. The first kappa shape index (κ1) is 15.2. The van der Waals surface area contributed by atoms with Gasteiger partial charge in [0.05, 0.1) is 11.9 Å².